The lowest BCUT2D eigenvalue weighted by atomic mass is 10.1. The van der Waals surface area contributed by atoms with Gasteiger partial charge in [0.2, 0.25) is 5.91 Å². The molecule has 1 aliphatic rings. The van der Waals surface area contributed by atoms with Crippen molar-refractivity contribution in [3.8, 4) is 0 Å². The number of rotatable bonds is 3. The predicted octanol–water partition coefficient (Wildman–Crippen LogP) is 2.32. The number of aryl methyl sites for hydroxylation is 1. The number of aromatic nitrogens is 3. The number of hydrogen-bond acceptors (Lipinski definition) is 4. The highest BCUT2D eigenvalue weighted by molar-refractivity contribution is 5.90. The summed E-state index contributed by atoms with van der Waals surface area (Å²) >= 11 is 0. The molecule has 1 N–H and O–H groups in total. The highest BCUT2D eigenvalue weighted by Crippen LogP contribution is 2.28. The minimum atomic E-state index is -4.53. The van der Waals surface area contributed by atoms with E-state index in [4.69, 9.17) is 4.74 Å². The van der Waals surface area contributed by atoms with Crippen LogP contribution in [0.2, 0.25) is 0 Å². The summed E-state index contributed by atoms with van der Waals surface area (Å²) in [5.41, 5.74) is 1.55. The number of anilines is 1. The van der Waals surface area contributed by atoms with E-state index in [0.29, 0.717) is 18.9 Å². The molecule has 0 atom stereocenters. The number of carbonyl (C=O) groups excluding carboxylic acids is 1. The molecule has 0 saturated carbocycles. The highest BCUT2D eigenvalue weighted by Gasteiger charge is 2.34. The van der Waals surface area contributed by atoms with Gasteiger partial charge in [0, 0.05) is 23.4 Å². The molecule has 6 nitrogen and oxygen atoms in total. The smallest absolute Gasteiger partial charge is 0.376 e. The van der Waals surface area contributed by atoms with E-state index in [1.54, 1.807) is 6.07 Å². The second kappa shape index (κ2) is 6.23. The molecular formula is C15H15F3N4O2. The second-order valence-corrected chi connectivity index (χ2v) is 5.51. The maximum Gasteiger partial charge on any atom is 0.435 e. The fourth-order valence-corrected chi connectivity index (χ4v) is 2.45. The summed E-state index contributed by atoms with van der Waals surface area (Å²) in [5.74, 6) is -0.478. The lowest BCUT2D eigenvalue weighted by Gasteiger charge is -2.16. The molecule has 24 heavy (non-hydrogen) atoms. The van der Waals surface area contributed by atoms with Crippen molar-refractivity contribution in [1.82, 2.24) is 14.8 Å². The standard InChI is InChI=1S/C15H15F3N4O2/c1-9-4-13(15(16,17)18)21-22(9)7-14(23)20-11-5-10-8-24-3-2-12(10)19-6-11/h4-6H,2-3,7-8H2,1H3,(H,20,23). The van der Waals surface area contributed by atoms with Crippen molar-refractivity contribution in [3.05, 3.63) is 41.0 Å². The Morgan fingerprint density at radius 2 is 2.21 bits per heavy atom. The van der Waals surface area contributed by atoms with Gasteiger partial charge in [0.1, 0.15) is 6.54 Å². The summed E-state index contributed by atoms with van der Waals surface area (Å²) < 4.78 is 44.2. The monoisotopic (exact) mass is 340 g/mol. The summed E-state index contributed by atoms with van der Waals surface area (Å²) in [7, 11) is 0. The van der Waals surface area contributed by atoms with Crippen molar-refractivity contribution >= 4 is 11.6 Å². The van der Waals surface area contributed by atoms with Gasteiger partial charge in [0.25, 0.3) is 0 Å². The third-order valence-corrected chi connectivity index (χ3v) is 3.65. The van der Waals surface area contributed by atoms with Crippen LogP contribution in [0, 0.1) is 6.92 Å². The molecule has 0 unspecified atom stereocenters. The Bertz CT molecular complexity index is 771. The van der Waals surface area contributed by atoms with E-state index in [1.807, 2.05) is 0 Å². The highest BCUT2D eigenvalue weighted by atomic mass is 19.4. The van der Waals surface area contributed by atoms with Crippen LogP contribution in [-0.4, -0.2) is 27.3 Å². The minimum Gasteiger partial charge on any atom is -0.376 e. The van der Waals surface area contributed by atoms with E-state index in [1.165, 1.54) is 13.1 Å². The molecule has 0 saturated heterocycles. The van der Waals surface area contributed by atoms with Gasteiger partial charge in [0.15, 0.2) is 5.69 Å². The summed E-state index contributed by atoms with van der Waals surface area (Å²) in [6, 6.07) is 2.67. The van der Waals surface area contributed by atoms with Gasteiger partial charge in [-0.3, -0.25) is 14.5 Å². The summed E-state index contributed by atoms with van der Waals surface area (Å²) in [5, 5.41) is 6.04. The molecule has 0 spiro atoms. The second-order valence-electron chi connectivity index (χ2n) is 5.51. The van der Waals surface area contributed by atoms with Gasteiger partial charge in [-0.2, -0.15) is 18.3 Å². The fraction of sp³-hybridized carbons (Fsp3) is 0.400. The number of pyridine rings is 1. The van der Waals surface area contributed by atoms with Crippen LogP contribution in [0.4, 0.5) is 18.9 Å². The molecule has 1 aliphatic heterocycles. The Morgan fingerprint density at radius 1 is 1.42 bits per heavy atom. The molecule has 3 heterocycles. The van der Waals surface area contributed by atoms with Crippen LogP contribution in [0.15, 0.2) is 18.3 Å². The van der Waals surface area contributed by atoms with Crippen molar-refractivity contribution < 1.29 is 22.7 Å². The molecule has 2 aromatic heterocycles. The average Bonchev–Trinajstić information content (AvgIpc) is 2.88. The van der Waals surface area contributed by atoms with Crippen LogP contribution in [0.25, 0.3) is 0 Å². The molecule has 3 rings (SSSR count). The quantitative estimate of drug-likeness (QED) is 0.931. The summed E-state index contributed by atoms with van der Waals surface area (Å²) in [4.78, 5) is 16.3. The van der Waals surface area contributed by atoms with Crippen LogP contribution in [-0.2, 0) is 35.3 Å². The number of carbonyl (C=O) groups is 1. The lowest BCUT2D eigenvalue weighted by Crippen LogP contribution is -2.21. The van der Waals surface area contributed by atoms with Gasteiger partial charge in [-0.15, -0.1) is 0 Å². The molecule has 9 heteroatoms. The molecule has 2 aromatic rings. The van der Waals surface area contributed by atoms with Gasteiger partial charge in [0.05, 0.1) is 25.1 Å². The maximum absolute atomic E-state index is 12.6. The third-order valence-electron chi connectivity index (χ3n) is 3.65. The fourth-order valence-electron chi connectivity index (χ4n) is 2.45. The molecular weight excluding hydrogens is 325 g/mol. The van der Waals surface area contributed by atoms with E-state index in [9.17, 15) is 18.0 Å². The van der Waals surface area contributed by atoms with E-state index >= 15 is 0 Å². The Kier molecular flexibility index (Phi) is 4.27. The number of alkyl halides is 3. The minimum absolute atomic E-state index is 0.259. The first-order chi connectivity index (χ1) is 11.3. The van der Waals surface area contributed by atoms with Gasteiger partial charge in [-0.25, -0.2) is 0 Å². The lowest BCUT2D eigenvalue weighted by molar-refractivity contribution is -0.141. The first-order valence-corrected chi connectivity index (χ1v) is 7.30. The van der Waals surface area contributed by atoms with Crippen molar-refractivity contribution in [1.29, 1.82) is 0 Å². The van der Waals surface area contributed by atoms with Gasteiger partial charge < -0.3 is 10.1 Å². The third kappa shape index (κ3) is 3.56. The zero-order valence-corrected chi connectivity index (χ0v) is 12.9. The number of nitrogens with one attached hydrogen (secondary N) is 1. The normalized spacial score (nSPS) is 14.3. The molecule has 128 valence electrons. The van der Waals surface area contributed by atoms with Gasteiger partial charge >= 0.3 is 6.18 Å². The first kappa shape index (κ1) is 16.4. The molecule has 0 fully saturated rings. The van der Waals surface area contributed by atoms with Crippen LogP contribution in [0.5, 0.6) is 0 Å². The van der Waals surface area contributed by atoms with Crippen LogP contribution >= 0.6 is 0 Å². The Hall–Kier alpha value is -2.42. The number of ether oxygens (including phenoxy) is 1. The zero-order valence-electron chi connectivity index (χ0n) is 12.9. The molecule has 0 bridgehead atoms. The van der Waals surface area contributed by atoms with Gasteiger partial charge in [-0.05, 0) is 19.1 Å². The first-order valence-electron chi connectivity index (χ1n) is 7.30. The topological polar surface area (TPSA) is 69.0 Å². The Morgan fingerprint density at radius 3 is 2.92 bits per heavy atom. The Balaban J connectivity index is 1.69. The Labute approximate surface area is 135 Å². The number of fused-ring (bicyclic) bond motifs is 1. The number of nitrogens with zero attached hydrogens (tertiary/aromatic N) is 3. The van der Waals surface area contributed by atoms with E-state index in [-0.39, 0.29) is 12.2 Å². The zero-order chi connectivity index (χ0) is 17.3. The molecule has 0 aromatic carbocycles. The predicted molar refractivity (Wildman–Crippen MR) is 78.2 cm³/mol. The van der Waals surface area contributed by atoms with E-state index in [0.717, 1.165) is 28.4 Å². The van der Waals surface area contributed by atoms with E-state index < -0.39 is 17.8 Å². The number of hydrogen-bond donors (Lipinski definition) is 1. The van der Waals surface area contributed by atoms with Gasteiger partial charge in [-0.1, -0.05) is 0 Å². The maximum atomic E-state index is 12.6. The summed E-state index contributed by atoms with van der Waals surface area (Å²) in [6.45, 7) is 2.20. The number of amides is 1. The SMILES string of the molecule is Cc1cc(C(F)(F)F)nn1CC(=O)Nc1cnc2c(c1)COCC2. The number of halogens is 3. The molecule has 0 aliphatic carbocycles. The molecule has 1 amide bonds. The van der Waals surface area contributed by atoms with Crippen molar-refractivity contribution in [2.45, 2.75) is 32.7 Å². The van der Waals surface area contributed by atoms with Crippen molar-refractivity contribution in [2.75, 3.05) is 11.9 Å². The summed E-state index contributed by atoms with van der Waals surface area (Å²) in [6.07, 6.45) is -2.29. The van der Waals surface area contributed by atoms with Crippen LogP contribution in [0.1, 0.15) is 22.6 Å². The van der Waals surface area contributed by atoms with Crippen LogP contribution < -0.4 is 5.32 Å². The van der Waals surface area contributed by atoms with Crippen molar-refractivity contribution in [3.63, 3.8) is 0 Å². The average molecular weight is 340 g/mol. The van der Waals surface area contributed by atoms with Crippen LogP contribution in [0.3, 0.4) is 0 Å². The largest absolute Gasteiger partial charge is 0.435 e. The van der Waals surface area contributed by atoms with E-state index in [2.05, 4.69) is 15.4 Å². The molecule has 0 radical (unpaired) electrons. The van der Waals surface area contributed by atoms with Crippen molar-refractivity contribution in [2.24, 2.45) is 0 Å².